The predicted octanol–water partition coefficient (Wildman–Crippen LogP) is 1.91. The van der Waals surface area contributed by atoms with Crippen molar-refractivity contribution in [1.82, 2.24) is 9.97 Å². The minimum atomic E-state index is 0.240. The van der Waals surface area contributed by atoms with Crippen LogP contribution >= 0.6 is 11.3 Å². The van der Waals surface area contributed by atoms with Crippen molar-refractivity contribution in [3.8, 4) is 6.07 Å². The zero-order valence-electron chi connectivity index (χ0n) is 9.27. The molecule has 0 radical (unpaired) electrons. The number of nitrogens with zero attached hydrogens (tertiary/aromatic N) is 3. The maximum absolute atomic E-state index is 8.80. The van der Waals surface area contributed by atoms with E-state index in [0.29, 0.717) is 18.1 Å². The van der Waals surface area contributed by atoms with Crippen molar-refractivity contribution in [1.29, 1.82) is 5.26 Å². The molecule has 2 rings (SSSR count). The number of rotatable bonds is 3. The van der Waals surface area contributed by atoms with Gasteiger partial charge in [0.2, 0.25) is 0 Å². The molecule has 0 aliphatic heterocycles. The lowest BCUT2D eigenvalue weighted by molar-refractivity contribution is 1.04. The van der Waals surface area contributed by atoms with E-state index in [9.17, 15) is 0 Å². The zero-order chi connectivity index (χ0) is 12.3. The molecule has 17 heavy (non-hydrogen) atoms. The van der Waals surface area contributed by atoms with Crippen LogP contribution in [0.25, 0.3) is 0 Å². The third kappa shape index (κ3) is 2.71. The number of nitrogens with two attached hydrogens (primary N) is 1. The molecule has 2 aromatic rings. The van der Waals surface area contributed by atoms with Gasteiger partial charge in [0.05, 0.1) is 22.9 Å². The van der Waals surface area contributed by atoms with Crippen LogP contribution in [0.15, 0.2) is 17.5 Å². The molecule has 86 valence electrons. The van der Waals surface area contributed by atoms with Gasteiger partial charge in [0.1, 0.15) is 11.9 Å². The molecule has 3 N–H and O–H groups in total. The molecule has 5 nitrogen and oxygen atoms in total. The third-order valence-electron chi connectivity index (χ3n) is 2.15. The Labute approximate surface area is 103 Å². The van der Waals surface area contributed by atoms with Crippen LogP contribution in [0.5, 0.6) is 0 Å². The smallest absolute Gasteiger partial charge is 0.165 e. The summed E-state index contributed by atoms with van der Waals surface area (Å²) in [5.41, 5.74) is 7.18. The second-order valence-electron chi connectivity index (χ2n) is 3.46. The Balaban J connectivity index is 2.07. The average Bonchev–Trinajstić information content (AvgIpc) is 2.74. The van der Waals surface area contributed by atoms with E-state index in [-0.39, 0.29) is 5.69 Å². The fourth-order valence-corrected chi connectivity index (χ4v) is 1.94. The highest BCUT2D eigenvalue weighted by atomic mass is 32.1. The number of hydrogen-bond acceptors (Lipinski definition) is 6. The summed E-state index contributed by atoms with van der Waals surface area (Å²) in [5.74, 6) is 0.626. The lowest BCUT2D eigenvalue weighted by Gasteiger charge is -2.04. The highest BCUT2D eigenvalue weighted by Gasteiger charge is 2.03. The van der Waals surface area contributed by atoms with Crippen LogP contribution < -0.4 is 11.1 Å². The minimum absolute atomic E-state index is 0.240. The molecule has 0 unspecified atom stereocenters. The summed E-state index contributed by atoms with van der Waals surface area (Å²) in [6, 6.07) is 5.36. The Hall–Kier alpha value is -2.13. The van der Waals surface area contributed by atoms with Gasteiger partial charge in [-0.1, -0.05) is 0 Å². The first-order valence-electron chi connectivity index (χ1n) is 5.00. The van der Waals surface area contributed by atoms with Gasteiger partial charge in [0.15, 0.2) is 5.69 Å². The number of aromatic nitrogens is 2. The van der Waals surface area contributed by atoms with Gasteiger partial charge in [-0.05, 0) is 19.1 Å². The number of thiazole rings is 1. The third-order valence-corrected chi connectivity index (χ3v) is 2.97. The number of nitrogen functional groups attached to an aromatic ring is 1. The van der Waals surface area contributed by atoms with Crippen LogP contribution in [-0.4, -0.2) is 9.97 Å². The molecule has 6 heteroatoms. The van der Waals surface area contributed by atoms with Crippen molar-refractivity contribution in [2.75, 3.05) is 11.1 Å². The van der Waals surface area contributed by atoms with E-state index in [1.54, 1.807) is 23.5 Å². The first-order chi connectivity index (χ1) is 8.19. The van der Waals surface area contributed by atoms with Crippen LogP contribution in [0, 0.1) is 18.3 Å². The van der Waals surface area contributed by atoms with Crippen molar-refractivity contribution in [2.24, 2.45) is 0 Å². The number of hydrogen-bond donors (Lipinski definition) is 2. The van der Waals surface area contributed by atoms with Crippen LogP contribution in [-0.2, 0) is 6.54 Å². The Morgan fingerprint density at radius 3 is 2.94 bits per heavy atom. The highest BCUT2D eigenvalue weighted by Crippen LogP contribution is 2.14. The van der Waals surface area contributed by atoms with Crippen molar-refractivity contribution in [3.63, 3.8) is 0 Å². The number of pyridine rings is 1. The van der Waals surface area contributed by atoms with Gasteiger partial charge in [-0.3, -0.25) is 0 Å². The number of aryl methyl sites for hydroxylation is 1. The largest absolute Gasteiger partial charge is 0.396 e. The topological polar surface area (TPSA) is 87.6 Å². The molecule has 0 atom stereocenters. The van der Waals surface area contributed by atoms with Crippen LogP contribution in [0.1, 0.15) is 16.4 Å². The SMILES string of the molecule is Cc1nc(CNc2ccc(N)c(C#N)n2)cs1. The Morgan fingerprint density at radius 2 is 2.29 bits per heavy atom. The summed E-state index contributed by atoms with van der Waals surface area (Å²) in [6.07, 6.45) is 0. The lowest BCUT2D eigenvalue weighted by atomic mass is 10.3. The van der Waals surface area contributed by atoms with Crippen molar-refractivity contribution in [2.45, 2.75) is 13.5 Å². The molecule has 2 heterocycles. The van der Waals surface area contributed by atoms with Crippen LogP contribution in [0.2, 0.25) is 0 Å². The van der Waals surface area contributed by atoms with Crippen LogP contribution in [0.3, 0.4) is 0 Å². The molecule has 0 saturated carbocycles. The van der Waals surface area contributed by atoms with E-state index in [2.05, 4.69) is 15.3 Å². The molecule has 2 aromatic heterocycles. The van der Waals surface area contributed by atoms with Crippen LogP contribution in [0.4, 0.5) is 11.5 Å². The molecule has 0 aliphatic rings. The molecule has 0 amide bonds. The number of nitrogens with one attached hydrogen (secondary N) is 1. The number of nitriles is 1. The monoisotopic (exact) mass is 245 g/mol. The molecule has 0 aromatic carbocycles. The first kappa shape index (κ1) is 11.4. The molecule has 0 aliphatic carbocycles. The van der Waals surface area contributed by atoms with Gasteiger partial charge < -0.3 is 11.1 Å². The maximum atomic E-state index is 8.80. The standard InChI is InChI=1S/C11H11N5S/c1-7-15-8(6-17-7)5-14-11-3-2-9(13)10(4-12)16-11/h2-3,6H,5,13H2,1H3,(H,14,16). The molecular formula is C11H11N5S. The van der Waals surface area contributed by atoms with Gasteiger partial charge in [-0.25, -0.2) is 9.97 Å². The highest BCUT2D eigenvalue weighted by molar-refractivity contribution is 7.09. The second-order valence-corrected chi connectivity index (χ2v) is 4.52. The van der Waals surface area contributed by atoms with Gasteiger partial charge in [0, 0.05) is 5.38 Å². The summed E-state index contributed by atoms with van der Waals surface area (Å²) in [5, 5.41) is 14.9. The first-order valence-corrected chi connectivity index (χ1v) is 5.88. The second kappa shape index (κ2) is 4.80. The summed E-state index contributed by atoms with van der Waals surface area (Å²) in [6.45, 7) is 2.55. The quantitative estimate of drug-likeness (QED) is 0.862. The van der Waals surface area contributed by atoms with E-state index in [0.717, 1.165) is 10.7 Å². The normalized spacial score (nSPS) is 9.88. The molecule has 0 bridgehead atoms. The summed E-state index contributed by atoms with van der Waals surface area (Å²) >= 11 is 1.61. The number of anilines is 2. The van der Waals surface area contributed by atoms with E-state index in [1.165, 1.54) is 0 Å². The molecular weight excluding hydrogens is 234 g/mol. The molecule has 0 saturated heterocycles. The average molecular weight is 245 g/mol. The Morgan fingerprint density at radius 1 is 1.47 bits per heavy atom. The van der Waals surface area contributed by atoms with E-state index in [1.807, 2.05) is 18.4 Å². The van der Waals surface area contributed by atoms with Gasteiger partial charge in [-0.15, -0.1) is 11.3 Å². The van der Waals surface area contributed by atoms with E-state index in [4.69, 9.17) is 11.0 Å². The van der Waals surface area contributed by atoms with Gasteiger partial charge in [-0.2, -0.15) is 5.26 Å². The predicted molar refractivity (Wildman–Crippen MR) is 67.5 cm³/mol. The Bertz CT molecular complexity index is 569. The van der Waals surface area contributed by atoms with Gasteiger partial charge >= 0.3 is 0 Å². The van der Waals surface area contributed by atoms with E-state index >= 15 is 0 Å². The van der Waals surface area contributed by atoms with Crippen molar-refractivity contribution in [3.05, 3.63) is 33.9 Å². The van der Waals surface area contributed by atoms with Crippen molar-refractivity contribution >= 4 is 22.8 Å². The Kier molecular flexibility index (Phi) is 3.21. The summed E-state index contributed by atoms with van der Waals surface area (Å²) in [7, 11) is 0. The van der Waals surface area contributed by atoms with E-state index < -0.39 is 0 Å². The zero-order valence-corrected chi connectivity index (χ0v) is 10.1. The summed E-state index contributed by atoms with van der Waals surface area (Å²) < 4.78 is 0. The minimum Gasteiger partial charge on any atom is -0.396 e. The maximum Gasteiger partial charge on any atom is 0.165 e. The molecule has 0 fully saturated rings. The fourth-order valence-electron chi connectivity index (χ4n) is 1.33. The molecule has 0 spiro atoms. The fraction of sp³-hybridized carbons (Fsp3) is 0.182. The summed E-state index contributed by atoms with van der Waals surface area (Å²) in [4.78, 5) is 8.42. The van der Waals surface area contributed by atoms with Crippen molar-refractivity contribution < 1.29 is 0 Å². The van der Waals surface area contributed by atoms with Gasteiger partial charge in [0.25, 0.3) is 0 Å². The lowest BCUT2D eigenvalue weighted by Crippen LogP contribution is -2.03.